The molecule has 0 saturated carbocycles. The lowest BCUT2D eigenvalue weighted by Gasteiger charge is -2.27. The van der Waals surface area contributed by atoms with Crippen molar-refractivity contribution in [3.8, 4) is 5.75 Å². The number of halogens is 1. The minimum Gasteiger partial charge on any atom is -0.486 e. The SMILES string of the molecule is Fc1[c]ncc(OC2CNC2)c1. The topological polar surface area (TPSA) is 34.1 Å². The van der Waals surface area contributed by atoms with Crippen molar-refractivity contribution in [3.63, 3.8) is 0 Å². The fourth-order valence-corrected chi connectivity index (χ4v) is 0.954. The number of nitrogens with zero attached hydrogens (tertiary/aromatic N) is 1. The van der Waals surface area contributed by atoms with E-state index in [4.69, 9.17) is 4.74 Å². The molecule has 1 saturated heterocycles. The minimum absolute atomic E-state index is 0.161. The smallest absolute Gasteiger partial charge is 0.154 e. The van der Waals surface area contributed by atoms with Crippen LogP contribution < -0.4 is 10.1 Å². The Labute approximate surface area is 69.6 Å². The first-order valence-electron chi connectivity index (χ1n) is 3.75. The van der Waals surface area contributed by atoms with E-state index in [1.165, 1.54) is 12.3 Å². The summed E-state index contributed by atoms with van der Waals surface area (Å²) in [6.07, 6.45) is 3.79. The van der Waals surface area contributed by atoms with Crippen molar-refractivity contribution in [2.45, 2.75) is 6.10 Å². The van der Waals surface area contributed by atoms with Gasteiger partial charge >= 0.3 is 0 Å². The summed E-state index contributed by atoms with van der Waals surface area (Å²) < 4.78 is 17.9. The molecule has 2 rings (SSSR count). The molecule has 0 amide bonds. The van der Waals surface area contributed by atoms with E-state index < -0.39 is 5.82 Å². The molecule has 1 radical (unpaired) electrons. The maximum atomic E-state index is 12.5. The number of hydrogen-bond acceptors (Lipinski definition) is 3. The Morgan fingerprint density at radius 3 is 3.08 bits per heavy atom. The number of pyridine rings is 1. The molecule has 0 spiro atoms. The van der Waals surface area contributed by atoms with E-state index in [0.29, 0.717) is 5.75 Å². The molecule has 0 aromatic carbocycles. The molecule has 4 heteroatoms. The van der Waals surface area contributed by atoms with E-state index in [9.17, 15) is 4.39 Å². The molecule has 1 aromatic rings. The Morgan fingerprint density at radius 1 is 1.67 bits per heavy atom. The maximum absolute atomic E-state index is 12.5. The molecule has 1 aliphatic rings. The molecule has 1 fully saturated rings. The highest BCUT2D eigenvalue weighted by atomic mass is 19.1. The van der Waals surface area contributed by atoms with E-state index >= 15 is 0 Å². The third-order valence-electron chi connectivity index (χ3n) is 1.68. The molecule has 0 unspecified atom stereocenters. The van der Waals surface area contributed by atoms with Crippen molar-refractivity contribution in [1.82, 2.24) is 10.3 Å². The first-order valence-corrected chi connectivity index (χ1v) is 3.75. The van der Waals surface area contributed by atoms with Crippen LogP contribution in [0.3, 0.4) is 0 Å². The van der Waals surface area contributed by atoms with Crippen LogP contribution >= 0.6 is 0 Å². The van der Waals surface area contributed by atoms with Gasteiger partial charge in [-0.2, -0.15) is 0 Å². The summed E-state index contributed by atoms with van der Waals surface area (Å²) in [7, 11) is 0. The summed E-state index contributed by atoms with van der Waals surface area (Å²) in [6.45, 7) is 1.64. The number of ether oxygens (including phenoxy) is 1. The van der Waals surface area contributed by atoms with Crippen LogP contribution in [-0.4, -0.2) is 24.2 Å². The van der Waals surface area contributed by atoms with Crippen molar-refractivity contribution in [2.24, 2.45) is 0 Å². The van der Waals surface area contributed by atoms with Crippen molar-refractivity contribution in [2.75, 3.05) is 13.1 Å². The summed E-state index contributed by atoms with van der Waals surface area (Å²) in [5.41, 5.74) is 0. The zero-order valence-corrected chi connectivity index (χ0v) is 6.38. The predicted molar refractivity (Wildman–Crippen MR) is 40.3 cm³/mol. The summed E-state index contributed by atoms with van der Waals surface area (Å²) in [6, 6.07) is 1.28. The minimum atomic E-state index is -0.486. The molecular formula is C8H8FN2O. The predicted octanol–water partition coefficient (Wildman–Crippen LogP) is 0.371. The maximum Gasteiger partial charge on any atom is 0.154 e. The number of hydrogen-bond donors (Lipinski definition) is 1. The fourth-order valence-electron chi connectivity index (χ4n) is 0.954. The molecule has 3 nitrogen and oxygen atoms in total. The van der Waals surface area contributed by atoms with Crippen molar-refractivity contribution in [3.05, 3.63) is 24.3 Å². The molecule has 0 aliphatic carbocycles. The molecule has 1 N–H and O–H groups in total. The highest BCUT2D eigenvalue weighted by Gasteiger charge is 2.18. The Morgan fingerprint density at radius 2 is 2.50 bits per heavy atom. The molecule has 2 heterocycles. The molecule has 0 bridgehead atoms. The van der Waals surface area contributed by atoms with Crippen LogP contribution in [0.15, 0.2) is 12.3 Å². The van der Waals surface area contributed by atoms with Gasteiger partial charge in [0.1, 0.15) is 18.1 Å². The van der Waals surface area contributed by atoms with Gasteiger partial charge < -0.3 is 10.1 Å². The number of nitrogens with one attached hydrogen (secondary N) is 1. The second kappa shape index (κ2) is 3.06. The highest BCUT2D eigenvalue weighted by molar-refractivity contribution is 5.17. The Kier molecular flexibility index (Phi) is 1.91. The Hall–Kier alpha value is -1.16. The standard InChI is InChI=1S/C8H8FN2O/c9-6-1-7(3-10-2-6)12-8-4-11-5-8/h1,3,8,11H,4-5H2. The third kappa shape index (κ3) is 1.53. The van der Waals surface area contributed by atoms with E-state index in [-0.39, 0.29) is 6.10 Å². The first-order chi connectivity index (χ1) is 5.84. The summed E-state index contributed by atoms with van der Waals surface area (Å²) in [5, 5.41) is 3.05. The van der Waals surface area contributed by atoms with Crippen LogP contribution in [0.1, 0.15) is 0 Å². The molecular weight excluding hydrogens is 159 g/mol. The largest absolute Gasteiger partial charge is 0.486 e. The van der Waals surface area contributed by atoms with E-state index in [2.05, 4.69) is 16.5 Å². The summed E-state index contributed by atoms with van der Waals surface area (Å²) in [4.78, 5) is 3.55. The molecule has 12 heavy (non-hydrogen) atoms. The van der Waals surface area contributed by atoms with Gasteiger partial charge in [0.05, 0.1) is 6.20 Å². The Balaban J connectivity index is 2.02. The first kappa shape index (κ1) is 7.49. The van der Waals surface area contributed by atoms with Gasteiger partial charge in [-0.25, -0.2) is 9.37 Å². The molecule has 1 aliphatic heterocycles. The van der Waals surface area contributed by atoms with Crippen LogP contribution in [0, 0.1) is 12.0 Å². The Bertz CT molecular complexity index is 276. The van der Waals surface area contributed by atoms with Crippen LogP contribution in [0.25, 0.3) is 0 Å². The van der Waals surface area contributed by atoms with Crippen LogP contribution in [0.5, 0.6) is 5.75 Å². The average molecular weight is 167 g/mol. The van der Waals surface area contributed by atoms with Crippen LogP contribution in [0.2, 0.25) is 0 Å². The van der Waals surface area contributed by atoms with Gasteiger partial charge in [-0.1, -0.05) is 0 Å². The number of aromatic nitrogens is 1. The fraction of sp³-hybridized carbons (Fsp3) is 0.375. The van der Waals surface area contributed by atoms with Crippen LogP contribution in [-0.2, 0) is 0 Å². The molecule has 0 atom stereocenters. The zero-order chi connectivity index (χ0) is 8.39. The van der Waals surface area contributed by atoms with Gasteiger partial charge in [-0.05, 0) is 0 Å². The van der Waals surface area contributed by atoms with Gasteiger partial charge in [0.15, 0.2) is 5.82 Å². The zero-order valence-electron chi connectivity index (χ0n) is 6.38. The van der Waals surface area contributed by atoms with E-state index in [1.807, 2.05) is 0 Å². The highest BCUT2D eigenvalue weighted by Crippen LogP contribution is 2.12. The monoisotopic (exact) mass is 167 g/mol. The third-order valence-corrected chi connectivity index (χ3v) is 1.68. The summed E-state index contributed by atoms with van der Waals surface area (Å²) in [5.74, 6) is -0.0162. The molecule has 63 valence electrons. The lowest BCUT2D eigenvalue weighted by molar-refractivity contribution is 0.141. The second-order valence-electron chi connectivity index (χ2n) is 2.66. The lowest BCUT2D eigenvalue weighted by atomic mass is 10.2. The summed E-state index contributed by atoms with van der Waals surface area (Å²) >= 11 is 0. The number of rotatable bonds is 2. The van der Waals surface area contributed by atoms with Gasteiger partial charge in [-0.15, -0.1) is 0 Å². The normalized spacial score (nSPS) is 17.1. The van der Waals surface area contributed by atoms with Crippen LogP contribution in [0.4, 0.5) is 4.39 Å². The average Bonchev–Trinajstić information content (AvgIpc) is 1.97. The second-order valence-corrected chi connectivity index (χ2v) is 2.66. The van der Waals surface area contributed by atoms with Gasteiger partial charge in [0, 0.05) is 19.2 Å². The van der Waals surface area contributed by atoms with E-state index in [1.54, 1.807) is 0 Å². The van der Waals surface area contributed by atoms with Crippen molar-refractivity contribution >= 4 is 0 Å². The van der Waals surface area contributed by atoms with E-state index in [0.717, 1.165) is 13.1 Å². The van der Waals surface area contributed by atoms with Gasteiger partial charge in [-0.3, -0.25) is 0 Å². The van der Waals surface area contributed by atoms with Crippen molar-refractivity contribution < 1.29 is 9.13 Å². The lowest BCUT2D eigenvalue weighted by Crippen LogP contribution is -2.50. The van der Waals surface area contributed by atoms with Crippen molar-refractivity contribution in [1.29, 1.82) is 0 Å². The van der Waals surface area contributed by atoms with Gasteiger partial charge in [0.2, 0.25) is 0 Å². The molecule has 1 aromatic heterocycles. The van der Waals surface area contributed by atoms with Gasteiger partial charge in [0.25, 0.3) is 0 Å². The quantitative estimate of drug-likeness (QED) is 0.691.